The minimum atomic E-state index is 0.831. The molecule has 0 heterocycles. The molecule has 49 heavy (non-hydrogen) atoms. The van der Waals surface area contributed by atoms with Gasteiger partial charge in [-0.15, -0.1) is 0 Å². The number of benzene rings is 9. The van der Waals surface area contributed by atoms with E-state index in [1.54, 1.807) is 0 Å². The highest BCUT2D eigenvalue weighted by atomic mass is 15.1. The van der Waals surface area contributed by atoms with Crippen LogP contribution in [0.2, 0.25) is 0 Å². The van der Waals surface area contributed by atoms with Gasteiger partial charge in [0, 0.05) is 29.3 Å². The third-order valence-electron chi connectivity index (χ3n) is 9.06. The van der Waals surface area contributed by atoms with Crippen LogP contribution in [0.15, 0.2) is 200 Å². The first kappa shape index (κ1) is 30.0. The zero-order valence-corrected chi connectivity index (χ0v) is 27.2. The van der Waals surface area contributed by atoms with Gasteiger partial charge in [-0.2, -0.15) is 0 Å². The van der Waals surface area contributed by atoms with Crippen molar-refractivity contribution in [2.24, 2.45) is 0 Å². The van der Waals surface area contributed by atoms with Crippen molar-refractivity contribution in [2.45, 2.75) is 6.54 Å². The second-order valence-electron chi connectivity index (χ2n) is 12.4. The van der Waals surface area contributed by atoms with E-state index in [9.17, 15) is 0 Å². The van der Waals surface area contributed by atoms with Crippen molar-refractivity contribution in [3.63, 3.8) is 0 Å². The van der Waals surface area contributed by atoms with Gasteiger partial charge in [-0.3, -0.25) is 0 Å². The van der Waals surface area contributed by atoms with Gasteiger partial charge in [0.15, 0.2) is 0 Å². The normalized spacial score (nSPS) is 10.9. The fraction of sp³-hybridized carbons (Fsp3) is 0.0213. The quantitative estimate of drug-likeness (QED) is 0.197. The lowest BCUT2D eigenvalue weighted by atomic mass is 10.1. The monoisotopic (exact) mass is 628 g/mol. The summed E-state index contributed by atoms with van der Waals surface area (Å²) in [4.78, 5) is 2.40. The average molecular weight is 629 g/mol. The fourth-order valence-corrected chi connectivity index (χ4v) is 6.49. The Kier molecular flexibility index (Phi) is 8.43. The molecule has 9 rings (SSSR count). The van der Waals surface area contributed by atoms with Crippen LogP contribution in [0.5, 0.6) is 0 Å². The summed E-state index contributed by atoms with van der Waals surface area (Å²) in [5.74, 6) is 0. The molecule has 0 saturated carbocycles. The number of fused-ring (bicyclic) bond motifs is 4. The lowest BCUT2D eigenvalue weighted by Gasteiger charge is -2.26. The smallest absolute Gasteiger partial charge is 0.0481 e. The predicted octanol–water partition coefficient (Wildman–Crippen LogP) is 13.1. The number of nitrogens with one attached hydrogen (secondary N) is 1. The summed E-state index contributed by atoms with van der Waals surface area (Å²) in [7, 11) is 0. The minimum Gasteiger partial charge on any atom is -0.355 e. The molecule has 0 atom stereocenters. The Morgan fingerprint density at radius 3 is 1.08 bits per heavy atom. The molecular formula is C47H36N2. The van der Waals surface area contributed by atoms with E-state index in [0.29, 0.717) is 0 Å². The van der Waals surface area contributed by atoms with Gasteiger partial charge in [0.2, 0.25) is 0 Å². The Morgan fingerprint density at radius 1 is 0.306 bits per heavy atom. The lowest BCUT2D eigenvalue weighted by molar-refractivity contribution is 0.978. The van der Waals surface area contributed by atoms with Crippen molar-refractivity contribution in [1.29, 1.82) is 0 Å². The van der Waals surface area contributed by atoms with Gasteiger partial charge in [-0.05, 0) is 97.2 Å². The van der Waals surface area contributed by atoms with Crippen molar-refractivity contribution in [3.8, 4) is 0 Å². The van der Waals surface area contributed by atoms with Gasteiger partial charge in [-0.25, -0.2) is 0 Å². The largest absolute Gasteiger partial charge is 0.355 e. The summed E-state index contributed by atoms with van der Waals surface area (Å²) in [5.41, 5.74) is 5.94. The molecule has 0 saturated heterocycles. The zero-order valence-electron chi connectivity index (χ0n) is 27.2. The maximum absolute atomic E-state index is 3.49. The number of rotatable bonds is 6. The summed E-state index contributed by atoms with van der Waals surface area (Å²) >= 11 is 0. The van der Waals surface area contributed by atoms with Gasteiger partial charge >= 0.3 is 0 Å². The molecule has 9 aromatic rings. The van der Waals surface area contributed by atoms with Crippen molar-refractivity contribution >= 4 is 65.8 Å². The summed E-state index contributed by atoms with van der Waals surface area (Å²) < 4.78 is 0. The molecule has 0 amide bonds. The third kappa shape index (κ3) is 6.86. The molecule has 0 bridgehead atoms. The van der Waals surface area contributed by atoms with Crippen molar-refractivity contribution < 1.29 is 0 Å². The van der Waals surface area contributed by atoms with Gasteiger partial charge < -0.3 is 10.2 Å². The molecule has 9 aromatic carbocycles. The Bertz CT molecular complexity index is 2360. The molecule has 0 spiro atoms. The highest BCUT2D eigenvalue weighted by molar-refractivity contribution is 5.91. The van der Waals surface area contributed by atoms with Crippen molar-refractivity contribution in [1.82, 2.24) is 0 Å². The van der Waals surface area contributed by atoms with Gasteiger partial charge in [-0.1, -0.05) is 152 Å². The number of anilines is 4. The predicted molar refractivity (Wildman–Crippen MR) is 211 cm³/mol. The molecule has 2 heteroatoms. The van der Waals surface area contributed by atoms with Crippen LogP contribution in [0.3, 0.4) is 0 Å². The summed E-state index contributed by atoms with van der Waals surface area (Å²) in [6.45, 7) is 0.831. The first-order chi connectivity index (χ1) is 24.2. The average Bonchev–Trinajstić information content (AvgIpc) is 3.17. The standard InChI is InChI=1S/C27H21N.C20H15N/c1-2-8-21(9-3-1)20-28(26-16-14-22-10-4-6-12-24(22)18-26)27-17-15-23-11-5-7-13-25(23)19-27;1-3-7-17-13-19(11-9-15(17)5-1)21-20-12-10-16-6-2-4-8-18(16)14-20/h1-19H,20H2;1-14,21H. The Hall–Kier alpha value is -6.38. The second-order valence-corrected chi connectivity index (χ2v) is 12.4. The van der Waals surface area contributed by atoms with Gasteiger partial charge in [0.1, 0.15) is 0 Å². The van der Waals surface area contributed by atoms with Gasteiger partial charge in [0.05, 0.1) is 0 Å². The number of hydrogen-bond donors (Lipinski definition) is 1. The minimum absolute atomic E-state index is 0.831. The molecular weight excluding hydrogens is 593 g/mol. The molecule has 0 aliphatic heterocycles. The topological polar surface area (TPSA) is 15.3 Å². The molecule has 0 unspecified atom stereocenters. The summed E-state index contributed by atoms with van der Waals surface area (Å²) in [5, 5.41) is 13.6. The SMILES string of the molecule is c1ccc(CN(c2ccc3ccccc3c2)c2ccc3ccccc3c2)cc1.c1ccc2cc(Nc3ccc4ccccc4c3)ccc2c1. The van der Waals surface area contributed by atoms with Crippen LogP contribution in [-0.4, -0.2) is 0 Å². The molecule has 0 aliphatic carbocycles. The van der Waals surface area contributed by atoms with E-state index in [4.69, 9.17) is 0 Å². The van der Waals surface area contributed by atoms with E-state index in [2.05, 4.69) is 210 Å². The second kappa shape index (κ2) is 13.8. The molecule has 234 valence electrons. The molecule has 1 N–H and O–H groups in total. The Morgan fingerprint density at radius 2 is 0.653 bits per heavy atom. The highest BCUT2D eigenvalue weighted by Crippen LogP contribution is 2.32. The molecule has 0 aromatic heterocycles. The lowest BCUT2D eigenvalue weighted by Crippen LogP contribution is -2.16. The first-order valence-electron chi connectivity index (χ1n) is 16.8. The van der Waals surface area contributed by atoms with E-state index in [1.807, 2.05) is 0 Å². The maximum atomic E-state index is 3.49. The van der Waals surface area contributed by atoms with E-state index >= 15 is 0 Å². The van der Waals surface area contributed by atoms with Crippen molar-refractivity contribution in [2.75, 3.05) is 10.2 Å². The van der Waals surface area contributed by atoms with Gasteiger partial charge in [0.25, 0.3) is 0 Å². The van der Waals surface area contributed by atoms with E-state index in [1.165, 1.54) is 60.0 Å². The van der Waals surface area contributed by atoms with Crippen LogP contribution in [0.4, 0.5) is 22.7 Å². The third-order valence-corrected chi connectivity index (χ3v) is 9.06. The van der Waals surface area contributed by atoms with E-state index in [-0.39, 0.29) is 0 Å². The van der Waals surface area contributed by atoms with Crippen LogP contribution >= 0.6 is 0 Å². The first-order valence-corrected chi connectivity index (χ1v) is 16.8. The Labute approximate surface area is 287 Å². The fourth-order valence-electron chi connectivity index (χ4n) is 6.49. The van der Waals surface area contributed by atoms with Crippen LogP contribution in [0.25, 0.3) is 43.1 Å². The van der Waals surface area contributed by atoms with Crippen LogP contribution in [-0.2, 0) is 6.54 Å². The maximum Gasteiger partial charge on any atom is 0.0481 e. The number of nitrogens with zero attached hydrogens (tertiary/aromatic N) is 1. The van der Waals surface area contributed by atoms with Crippen LogP contribution in [0.1, 0.15) is 5.56 Å². The molecule has 2 nitrogen and oxygen atoms in total. The summed E-state index contributed by atoms with van der Waals surface area (Å²) in [6.07, 6.45) is 0. The highest BCUT2D eigenvalue weighted by Gasteiger charge is 2.12. The van der Waals surface area contributed by atoms with Crippen LogP contribution < -0.4 is 10.2 Å². The van der Waals surface area contributed by atoms with Crippen LogP contribution in [0, 0.1) is 0 Å². The molecule has 0 fully saturated rings. The summed E-state index contributed by atoms with van der Waals surface area (Å²) in [6, 6.07) is 70.9. The van der Waals surface area contributed by atoms with Crippen molar-refractivity contribution in [3.05, 3.63) is 206 Å². The Balaban J connectivity index is 0.000000148. The van der Waals surface area contributed by atoms with E-state index in [0.717, 1.165) is 17.9 Å². The zero-order chi connectivity index (χ0) is 32.8. The van der Waals surface area contributed by atoms with E-state index < -0.39 is 0 Å². The molecule has 0 radical (unpaired) electrons. The molecule has 0 aliphatic rings. The number of hydrogen-bond acceptors (Lipinski definition) is 2.